The number of phenols is 1. The van der Waals surface area contributed by atoms with Gasteiger partial charge in [0.1, 0.15) is 5.75 Å². The van der Waals surface area contributed by atoms with Crippen molar-refractivity contribution in [2.24, 2.45) is 4.99 Å². The SMILES string of the molecule is Cc1cc(C=NCCN(C)C)c(O)c(C(C)(C)C)c1. The molecule has 3 nitrogen and oxygen atoms in total. The second-order valence-corrected chi connectivity index (χ2v) is 6.34. The highest BCUT2D eigenvalue weighted by Crippen LogP contribution is 2.33. The van der Waals surface area contributed by atoms with Gasteiger partial charge in [0.25, 0.3) is 0 Å². The number of nitrogens with zero attached hydrogens (tertiary/aromatic N) is 2. The van der Waals surface area contributed by atoms with Crippen LogP contribution < -0.4 is 0 Å². The molecule has 0 unspecified atom stereocenters. The summed E-state index contributed by atoms with van der Waals surface area (Å²) in [7, 11) is 4.05. The Balaban J connectivity index is 2.99. The van der Waals surface area contributed by atoms with E-state index in [1.54, 1.807) is 6.21 Å². The molecule has 0 aliphatic heterocycles. The van der Waals surface area contributed by atoms with Crippen LogP contribution in [0.1, 0.15) is 37.5 Å². The molecule has 0 fully saturated rings. The number of aliphatic imine (C=N–C) groups is 1. The molecule has 0 atom stereocenters. The topological polar surface area (TPSA) is 35.8 Å². The Labute approximate surface area is 117 Å². The Morgan fingerprint density at radius 2 is 1.89 bits per heavy atom. The van der Waals surface area contributed by atoms with Crippen molar-refractivity contribution >= 4 is 6.21 Å². The zero-order valence-electron chi connectivity index (χ0n) is 13.0. The highest BCUT2D eigenvalue weighted by Gasteiger charge is 2.20. The van der Waals surface area contributed by atoms with E-state index in [4.69, 9.17) is 0 Å². The van der Waals surface area contributed by atoms with Gasteiger partial charge in [-0.2, -0.15) is 0 Å². The van der Waals surface area contributed by atoms with E-state index in [0.29, 0.717) is 5.75 Å². The van der Waals surface area contributed by atoms with Crippen molar-refractivity contribution in [3.63, 3.8) is 0 Å². The lowest BCUT2D eigenvalue weighted by atomic mass is 9.84. The van der Waals surface area contributed by atoms with E-state index in [0.717, 1.165) is 29.8 Å². The molecule has 0 spiro atoms. The average molecular weight is 262 g/mol. The average Bonchev–Trinajstić information content (AvgIpc) is 2.26. The van der Waals surface area contributed by atoms with Crippen molar-refractivity contribution in [2.45, 2.75) is 33.1 Å². The molecule has 0 radical (unpaired) electrons. The maximum absolute atomic E-state index is 10.4. The Kier molecular flexibility index (Phi) is 5.12. The molecule has 0 amide bonds. The third-order valence-corrected chi connectivity index (χ3v) is 3.00. The minimum atomic E-state index is -0.0671. The number of phenolic OH excluding ortho intramolecular Hbond substituents is 1. The highest BCUT2D eigenvalue weighted by molar-refractivity contribution is 5.84. The maximum atomic E-state index is 10.4. The molecule has 0 aliphatic carbocycles. The van der Waals surface area contributed by atoms with Gasteiger partial charge in [-0.3, -0.25) is 4.99 Å². The zero-order valence-corrected chi connectivity index (χ0v) is 13.0. The van der Waals surface area contributed by atoms with E-state index in [1.165, 1.54) is 0 Å². The van der Waals surface area contributed by atoms with Crippen LogP contribution in [0.25, 0.3) is 0 Å². The van der Waals surface area contributed by atoms with Crippen molar-refractivity contribution in [2.75, 3.05) is 27.2 Å². The third kappa shape index (κ3) is 4.67. The first-order valence-corrected chi connectivity index (χ1v) is 6.70. The molecule has 1 rings (SSSR count). The maximum Gasteiger partial charge on any atom is 0.128 e. The molecule has 0 aromatic heterocycles. The van der Waals surface area contributed by atoms with Gasteiger partial charge in [-0.1, -0.05) is 26.8 Å². The smallest absolute Gasteiger partial charge is 0.128 e. The van der Waals surface area contributed by atoms with Gasteiger partial charge >= 0.3 is 0 Å². The molecular weight excluding hydrogens is 236 g/mol. The zero-order chi connectivity index (χ0) is 14.6. The van der Waals surface area contributed by atoms with E-state index >= 15 is 0 Å². The molecule has 1 aromatic rings. The third-order valence-electron chi connectivity index (χ3n) is 3.00. The second kappa shape index (κ2) is 6.20. The monoisotopic (exact) mass is 262 g/mol. The standard InChI is InChI=1S/C16H26N2O/c1-12-9-13(11-17-7-8-18(5)6)15(19)14(10-12)16(2,3)4/h9-11,19H,7-8H2,1-6H3. The Bertz CT molecular complexity index is 457. The van der Waals surface area contributed by atoms with Crippen LogP contribution in [0.2, 0.25) is 0 Å². The highest BCUT2D eigenvalue weighted by atomic mass is 16.3. The van der Waals surface area contributed by atoms with Crippen LogP contribution in [0, 0.1) is 6.92 Å². The van der Waals surface area contributed by atoms with Crippen LogP contribution in [-0.2, 0) is 5.41 Å². The van der Waals surface area contributed by atoms with Gasteiger partial charge in [0.05, 0.1) is 6.54 Å². The minimum Gasteiger partial charge on any atom is -0.507 e. The van der Waals surface area contributed by atoms with E-state index in [1.807, 2.05) is 33.2 Å². The summed E-state index contributed by atoms with van der Waals surface area (Å²) in [6.45, 7) is 10.0. The predicted molar refractivity (Wildman–Crippen MR) is 82.6 cm³/mol. The molecule has 0 saturated heterocycles. The van der Waals surface area contributed by atoms with E-state index < -0.39 is 0 Å². The summed E-state index contributed by atoms with van der Waals surface area (Å²) in [5.74, 6) is 0.353. The number of hydrogen-bond donors (Lipinski definition) is 1. The molecule has 0 saturated carbocycles. The van der Waals surface area contributed by atoms with E-state index in [9.17, 15) is 5.11 Å². The van der Waals surface area contributed by atoms with Gasteiger partial charge in [-0.05, 0) is 38.1 Å². The van der Waals surface area contributed by atoms with Crippen molar-refractivity contribution in [1.82, 2.24) is 4.90 Å². The summed E-state index contributed by atoms with van der Waals surface area (Å²) in [6, 6.07) is 4.02. The number of hydrogen-bond acceptors (Lipinski definition) is 3. The Hall–Kier alpha value is -1.35. The first-order chi connectivity index (χ1) is 8.71. The van der Waals surface area contributed by atoms with Gasteiger partial charge in [0, 0.05) is 23.9 Å². The van der Waals surface area contributed by atoms with Gasteiger partial charge in [0.15, 0.2) is 0 Å². The molecule has 106 valence electrons. The van der Waals surface area contributed by atoms with Crippen LogP contribution in [0.5, 0.6) is 5.75 Å². The molecule has 19 heavy (non-hydrogen) atoms. The Morgan fingerprint density at radius 1 is 1.26 bits per heavy atom. The van der Waals surface area contributed by atoms with Gasteiger partial charge in [0.2, 0.25) is 0 Å². The lowest BCUT2D eigenvalue weighted by molar-refractivity contribution is 0.420. The summed E-state index contributed by atoms with van der Waals surface area (Å²) in [5.41, 5.74) is 2.87. The molecule has 1 N–H and O–H groups in total. The quantitative estimate of drug-likeness (QED) is 0.847. The molecule has 3 heteroatoms. The number of rotatable bonds is 4. The van der Waals surface area contributed by atoms with Crippen LogP contribution in [-0.4, -0.2) is 43.4 Å². The number of aryl methyl sites for hydroxylation is 1. The molecule has 1 aromatic carbocycles. The summed E-state index contributed by atoms with van der Waals surface area (Å²) < 4.78 is 0. The fourth-order valence-electron chi connectivity index (χ4n) is 1.90. The van der Waals surface area contributed by atoms with Crippen LogP contribution >= 0.6 is 0 Å². The van der Waals surface area contributed by atoms with Crippen molar-refractivity contribution in [3.05, 3.63) is 28.8 Å². The van der Waals surface area contributed by atoms with Gasteiger partial charge in [-0.15, -0.1) is 0 Å². The van der Waals surface area contributed by atoms with Crippen LogP contribution in [0.3, 0.4) is 0 Å². The summed E-state index contributed by atoms with van der Waals surface area (Å²) in [6.07, 6.45) is 1.78. The largest absolute Gasteiger partial charge is 0.507 e. The van der Waals surface area contributed by atoms with E-state index in [-0.39, 0.29) is 5.41 Å². The van der Waals surface area contributed by atoms with Gasteiger partial charge in [-0.25, -0.2) is 0 Å². The fraction of sp³-hybridized carbons (Fsp3) is 0.562. The van der Waals surface area contributed by atoms with Crippen molar-refractivity contribution < 1.29 is 5.11 Å². The lowest BCUT2D eigenvalue weighted by Crippen LogP contribution is -2.15. The molecule has 0 heterocycles. The molecular formula is C16H26N2O. The predicted octanol–water partition coefficient (Wildman–Crippen LogP) is 2.98. The molecule has 0 bridgehead atoms. The van der Waals surface area contributed by atoms with Crippen LogP contribution in [0.4, 0.5) is 0 Å². The van der Waals surface area contributed by atoms with Crippen molar-refractivity contribution in [1.29, 1.82) is 0 Å². The summed E-state index contributed by atoms with van der Waals surface area (Å²) in [5, 5.41) is 10.4. The summed E-state index contributed by atoms with van der Waals surface area (Å²) >= 11 is 0. The number of aromatic hydroxyl groups is 1. The number of benzene rings is 1. The van der Waals surface area contributed by atoms with Crippen molar-refractivity contribution in [3.8, 4) is 5.75 Å². The van der Waals surface area contributed by atoms with Gasteiger partial charge < -0.3 is 10.0 Å². The van der Waals surface area contributed by atoms with E-state index in [2.05, 4.69) is 30.7 Å². The summed E-state index contributed by atoms with van der Waals surface area (Å²) in [4.78, 5) is 6.47. The lowest BCUT2D eigenvalue weighted by Gasteiger charge is -2.22. The fourth-order valence-corrected chi connectivity index (χ4v) is 1.90. The second-order valence-electron chi connectivity index (χ2n) is 6.34. The Morgan fingerprint density at radius 3 is 2.42 bits per heavy atom. The molecule has 0 aliphatic rings. The number of likely N-dealkylation sites (N-methyl/N-ethyl adjacent to an activating group) is 1. The van der Waals surface area contributed by atoms with Crippen LogP contribution in [0.15, 0.2) is 17.1 Å². The minimum absolute atomic E-state index is 0.0671. The normalized spacial score (nSPS) is 12.6. The first kappa shape index (κ1) is 15.7. The first-order valence-electron chi connectivity index (χ1n) is 6.70.